The first-order chi connectivity index (χ1) is 70.0. The van der Waals surface area contributed by atoms with Crippen molar-refractivity contribution >= 4 is 163 Å². The van der Waals surface area contributed by atoms with Crippen LogP contribution in [0.4, 0.5) is 0 Å². The largest absolute Gasteiger partial charge is 0.456 e. The molecule has 0 N–H and O–H groups in total. The Kier molecular flexibility index (Phi) is 20.7. The Bertz CT molecular complexity index is 9460. The van der Waals surface area contributed by atoms with Crippen LogP contribution in [0.5, 0.6) is 0 Å². The summed E-state index contributed by atoms with van der Waals surface area (Å²) in [6.07, 6.45) is 0. The summed E-state index contributed by atoms with van der Waals surface area (Å²) >= 11 is 0. The summed E-state index contributed by atoms with van der Waals surface area (Å²) in [5.41, 5.74) is 29.9. The maximum Gasteiger partial charge on any atom is 0.143 e. The summed E-state index contributed by atoms with van der Waals surface area (Å²) in [5, 5.41) is 29.3. The molecule has 0 amide bonds. The maximum atomic E-state index is 6.70. The van der Waals surface area contributed by atoms with E-state index in [-0.39, 0.29) is 0 Å². The average molecular weight is 1770 g/mol. The Hall–Kier alpha value is -17.8. The number of para-hydroxylation sites is 2. The molecule has 0 saturated heterocycles. The molecule has 3 heterocycles. The lowest BCUT2D eigenvalue weighted by atomic mass is 9.84. The second-order valence-corrected chi connectivity index (χ2v) is 35.3. The zero-order chi connectivity index (χ0) is 95.0. The van der Waals surface area contributed by atoms with E-state index in [0.29, 0.717) is 0 Å². The number of hydrogen-bond donors (Lipinski definition) is 0. The van der Waals surface area contributed by atoms with Crippen molar-refractivity contribution in [3.05, 3.63) is 497 Å². The molecule has 0 unspecified atom stereocenters. The average Bonchev–Trinajstić information content (AvgIpc) is 1.67. The van der Waals surface area contributed by atoms with E-state index >= 15 is 0 Å². The van der Waals surface area contributed by atoms with Crippen LogP contribution in [-0.2, 0) is 0 Å². The minimum absolute atomic E-state index is 0.900. The molecular formula is C135H94O3. The highest BCUT2D eigenvalue weighted by atomic mass is 16.3. The van der Waals surface area contributed by atoms with Crippen LogP contribution in [0.2, 0.25) is 0 Å². The van der Waals surface area contributed by atoms with Gasteiger partial charge < -0.3 is 13.3 Å². The van der Waals surface area contributed by atoms with Gasteiger partial charge in [-0.05, 0) is 269 Å². The molecule has 0 saturated carbocycles. The van der Waals surface area contributed by atoms with Gasteiger partial charge in [-0.3, -0.25) is 0 Å². The van der Waals surface area contributed by atoms with Crippen LogP contribution < -0.4 is 0 Å². The predicted octanol–water partition coefficient (Wildman–Crippen LogP) is 39.7. The fraction of sp³-hybridized carbons (Fsp3) is 0.0222. The Balaban J connectivity index is 0.000000116. The molecule has 0 atom stereocenters. The molecule has 0 spiro atoms. The van der Waals surface area contributed by atoms with Crippen LogP contribution in [0.15, 0.2) is 511 Å². The van der Waals surface area contributed by atoms with E-state index in [2.05, 4.69) is 485 Å². The molecule has 0 radical (unpaired) electrons. The number of benzene rings is 25. The first-order valence-electron chi connectivity index (χ1n) is 49.4. The zero-order valence-electron chi connectivity index (χ0n) is 79.6. The highest BCUT2D eigenvalue weighted by molar-refractivity contribution is 6.30. The van der Waals surface area contributed by atoms with Gasteiger partial charge in [-0.2, -0.15) is 0 Å². The van der Waals surface area contributed by atoms with E-state index in [1.54, 1.807) is 0 Å². The van der Waals surface area contributed by atoms with Gasteiger partial charge in [0.25, 0.3) is 0 Å². The summed E-state index contributed by atoms with van der Waals surface area (Å²) in [6, 6.07) is 179. The van der Waals surface area contributed by atoms with Gasteiger partial charge in [0.2, 0.25) is 0 Å². The maximum absolute atomic E-state index is 6.70. The van der Waals surface area contributed by atoms with Gasteiger partial charge in [0.05, 0.1) is 0 Å². The summed E-state index contributed by atoms with van der Waals surface area (Å²) < 4.78 is 36.7. The van der Waals surface area contributed by atoms with Gasteiger partial charge in [-0.25, -0.2) is 0 Å². The first-order valence-corrected chi connectivity index (χ1v) is 46.4. The smallest absolute Gasteiger partial charge is 0.143 e. The molecular weight excluding hydrogens is 1670 g/mol. The molecule has 0 aliphatic heterocycles. The van der Waals surface area contributed by atoms with Crippen molar-refractivity contribution in [1.82, 2.24) is 0 Å². The number of rotatable bonds is 10. The molecule has 3 heteroatoms. The van der Waals surface area contributed by atoms with Crippen LogP contribution in [0, 0.1) is 0 Å². The monoisotopic (exact) mass is 1770 g/mol. The van der Waals surface area contributed by atoms with E-state index in [9.17, 15) is 0 Å². The van der Waals surface area contributed by atoms with Crippen molar-refractivity contribution in [1.29, 1.82) is 0 Å². The lowest BCUT2D eigenvalue weighted by Gasteiger charge is -2.18. The number of fused-ring (bicyclic) bond motifs is 18. The van der Waals surface area contributed by atoms with Crippen LogP contribution in [0.3, 0.4) is 0 Å². The lowest BCUT2D eigenvalue weighted by molar-refractivity contribution is 0.668. The minimum Gasteiger partial charge on any atom is -0.456 e. The van der Waals surface area contributed by atoms with Crippen molar-refractivity contribution < 1.29 is 17.4 Å². The highest BCUT2D eigenvalue weighted by Gasteiger charge is 2.26. The van der Waals surface area contributed by atoms with Crippen LogP contribution in [0.1, 0.15) is 26.3 Å². The predicted molar refractivity (Wildman–Crippen MR) is 593 cm³/mol. The molecule has 28 aromatic rings. The van der Waals surface area contributed by atoms with Crippen molar-refractivity contribution in [2.45, 2.75) is 22.2 Å². The van der Waals surface area contributed by atoms with E-state index in [0.717, 1.165) is 82.5 Å². The molecule has 28 rings (SSSR count). The third-order valence-electron chi connectivity index (χ3n) is 27.7. The SMILES string of the molecule is [2H]C.[2H]C.[2H]C.c1ccc(-c2ccc3cc(-c4c5ccccc5c(-c5cccc6oc7cc(-c8ccccc8)ccc7c56)c5ccccc45)ccc3c2)cc1.c1ccc(-c2ccc3ccc(-c4c5ccccc5c(-c5cccc6oc7c(-c8ccccc8)cccc7c56)c5ccccc45)cc3c2)cc1.c1ccc2c(-c3c4ccccc4c(-c4ccc5oc6ccccc6c5c4)c4ccccc34)cccc2c1. The summed E-state index contributed by atoms with van der Waals surface area (Å²) in [7, 11) is 3.75. The minimum atomic E-state index is 0.900. The van der Waals surface area contributed by atoms with E-state index < -0.39 is 0 Å². The Morgan fingerprint density at radius 3 is 0.928 bits per heavy atom. The molecule has 0 fully saturated rings. The van der Waals surface area contributed by atoms with Gasteiger partial charge in [-0.1, -0.05) is 453 Å². The third kappa shape index (κ3) is 14.4. The van der Waals surface area contributed by atoms with Gasteiger partial charge in [0.1, 0.15) is 33.5 Å². The van der Waals surface area contributed by atoms with Crippen LogP contribution in [0.25, 0.3) is 274 Å². The molecule has 0 aliphatic rings. The highest BCUT2D eigenvalue weighted by Crippen LogP contribution is 2.53. The quantitative estimate of drug-likeness (QED) is 0.128. The van der Waals surface area contributed by atoms with Crippen molar-refractivity contribution in [2.24, 2.45) is 0 Å². The summed E-state index contributed by atoms with van der Waals surface area (Å²) in [4.78, 5) is 0. The van der Waals surface area contributed by atoms with Gasteiger partial charge in [0, 0.05) is 42.0 Å². The van der Waals surface area contributed by atoms with Crippen molar-refractivity contribution in [3.63, 3.8) is 0 Å². The normalized spacial score (nSPS) is 11.6. The first kappa shape index (κ1) is 81.0. The number of furan rings is 3. The Labute approximate surface area is 805 Å². The standard InChI is InChI=1S/2C48H30O.C36H22O.3CH4/c1-3-13-31(14-4-1)34-27-25-32-26-28-35(30-36(32)29-34)45-38-17-7-9-19-40(38)46(41-20-10-8-18-39(41)45)42-22-12-24-44-47(42)43-23-11-21-37(48(43)49-44)33-15-5-2-6-16-33;1-3-12-31(13-4-1)33-22-23-35-29-37(25-24-34(35)28-33)46-38-16-7-9-18-40(38)47(41-19-10-8-17-39(41)46)43-20-11-21-44-48(43)42-27-26-36(30-45(42)49-44)32-14-5-2-6-15-32;1-2-12-25-23(10-1)11-9-18-27(25)36-30-16-5-3-14-28(30)35(29-15-4-6-17-31(29)36)24-20-21-34-32(22-24)26-13-7-8-19-33(26)37-34;;;/h2*1-30H;1-22H;3*1H4/i;;;3*1D. The Morgan fingerprint density at radius 1 is 0.130 bits per heavy atom. The molecule has 652 valence electrons. The number of hydrogen-bond acceptors (Lipinski definition) is 3. The molecule has 3 nitrogen and oxygen atoms in total. The molecule has 0 bridgehead atoms. The molecule has 138 heavy (non-hydrogen) atoms. The third-order valence-corrected chi connectivity index (χ3v) is 27.7. The second kappa shape index (κ2) is 35.3. The van der Waals surface area contributed by atoms with E-state index in [1.165, 1.54) is 214 Å². The second-order valence-electron chi connectivity index (χ2n) is 35.3. The molecule has 25 aromatic carbocycles. The van der Waals surface area contributed by atoms with Gasteiger partial charge in [0.15, 0.2) is 0 Å². The van der Waals surface area contributed by atoms with Gasteiger partial charge >= 0.3 is 0 Å². The topological polar surface area (TPSA) is 39.4 Å². The zero-order valence-corrected chi connectivity index (χ0v) is 76.6. The van der Waals surface area contributed by atoms with Crippen molar-refractivity contribution in [3.8, 4) is 111 Å². The lowest BCUT2D eigenvalue weighted by Crippen LogP contribution is -1.91. The van der Waals surface area contributed by atoms with Crippen molar-refractivity contribution in [2.75, 3.05) is 0 Å². The Morgan fingerprint density at radius 2 is 0.428 bits per heavy atom. The van der Waals surface area contributed by atoms with Crippen LogP contribution >= 0.6 is 0 Å². The summed E-state index contributed by atoms with van der Waals surface area (Å²) in [6.45, 7) is 0. The van der Waals surface area contributed by atoms with E-state index in [4.69, 9.17) is 17.4 Å². The van der Waals surface area contributed by atoms with Gasteiger partial charge in [-0.15, -0.1) is 0 Å². The molecule has 0 aliphatic carbocycles. The van der Waals surface area contributed by atoms with E-state index in [1.807, 2.05) is 12.1 Å². The fourth-order valence-corrected chi connectivity index (χ4v) is 21.7. The summed E-state index contributed by atoms with van der Waals surface area (Å²) in [5.74, 6) is 0. The fourth-order valence-electron chi connectivity index (χ4n) is 21.7. The molecule has 3 aromatic heterocycles. The van der Waals surface area contributed by atoms with Crippen LogP contribution in [-0.4, -0.2) is 0 Å².